The lowest BCUT2D eigenvalue weighted by Gasteiger charge is -2.17. The third kappa shape index (κ3) is 6.08. The number of amides is 2. The monoisotopic (exact) mass is 342 g/mol. The van der Waals surface area contributed by atoms with Gasteiger partial charge >= 0.3 is 0 Å². The first-order chi connectivity index (χ1) is 11.5. The summed E-state index contributed by atoms with van der Waals surface area (Å²) in [5.74, 6) is 0.486. The van der Waals surface area contributed by atoms with E-state index in [1.54, 1.807) is 11.9 Å². The molecule has 5 heteroatoms. The Balaban J connectivity index is 1.71. The maximum absolute atomic E-state index is 12.1. The highest BCUT2D eigenvalue weighted by Gasteiger charge is 2.11. The average Bonchev–Trinajstić information content (AvgIpc) is 2.55. The van der Waals surface area contributed by atoms with Gasteiger partial charge in [0.1, 0.15) is 0 Å². The van der Waals surface area contributed by atoms with Crippen molar-refractivity contribution in [3.63, 3.8) is 0 Å². The van der Waals surface area contributed by atoms with E-state index in [0.717, 1.165) is 16.8 Å². The van der Waals surface area contributed by atoms with Crippen LogP contribution in [0.1, 0.15) is 11.1 Å². The summed E-state index contributed by atoms with van der Waals surface area (Å²) in [6.07, 6.45) is 0. The molecule has 0 aliphatic heterocycles. The van der Waals surface area contributed by atoms with Crippen molar-refractivity contribution in [2.24, 2.45) is 0 Å². The molecule has 4 nitrogen and oxygen atoms in total. The number of benzene rings is 2. The Hall–Kier alpha value is -2.27. The van der Waals surface area contributed by atoms with E-state index in [-0.39, 0.29) is 17.6 Å². The molecule has 0 aliphatic rings. The third-order valence-electron chi connectivity index (χ3n) is 3.45. The number of hydrogen-bond donors (Lipinski definition) is 1. The van der Waals surface area contributed by atoms with Crippen molar-refractivity contribution in [1.29, 1.82) is 0 Å². The van der Waals surface area contributed by atoms with Crippen LogP contribution in [-0.2, 0) is 16.1 Å². The zero-order valence-electron chi connectivity index (χ0n) is 14.0. The number of carbonyl (C=O) groups is 2. The predicted octanol–water partition coefficient (Wildman–Crippen LogP) is 3.33. The van der Waals surface area contributed by atoms with Gasteiger partial charge in [0.2, 0.25) is 11.8 Å². The van der Waals surface area contributed by atoms with Crippen LogP contribution in [0.15, 0.2) is 54.6 Å². The Morgan fingerprint density at radius 1 is 1.04 bits per heavy atom. The van der Waals surface area contributed by atoms with E-state index in [0.29, 0.717) is 12.3 Å². The number of nitrogens with zero attached hydrogens (tertiary/aromatic N) is 1. The minimum atomic E-state index is -0.0934. The Bertz CT molecular complexity index is 689. The molecule has 0 saturated carbocycles. The molecule has 1 N–H and O–H groups in total. The molecule has 0 bridgehead atoms. The van der Waals surface area contributed by atoms with Gasteiger partial charge in [-0.05, 0) is 30.2 Å². The molecule has 0 saturated heterocycles. The Morgan fingerprint density at radius 3 is 2.50 bits per heavy atom. The number of aryl methyl sites for hydroxylation is 1. The van der Waals surface area contributed by atoms with Crippen LogP contribution < -0.4 is 5.32 Å². The SMILES string of the molecule is Cc1cccc(NC(=O)CSCC(=O)N(C)Cc2ccccc2)c1. The molecule has 0 aromatic heterocycles. The van der Waals surface area contributed by atoms with E-state index in [1.807, 2.05) is 61.5 Å². The second-order valence-corrected chi connectivity index (χ2v) is 6.63. The van der Waals surface area contributed by atoms with Crippen molar-refractivity contribution < 1.29 is 9.59 Å². The number of hydrogen-bond acceptors (Lipinski definition) is 3. The smallest absolute Gasteiger partial charge is 0.234 e. The topological polar surface area (TPSA) is 49.4 Å². The van der Waals surface area contributed by atoms with E-state index in [1.165, 1.54) is 11.8 Å². The Kier molecular flexibility index (Phi) is 6.88. The fourth-order valence-corrected chi connectivity index (χ4v) is 2.96. The highest BCUT2D eigenvalue weighted by atomic mass is 32.2. The van der Waals surface area contributed by atoms with Gasteiger partial charge in [-0.15, -0.1) is 11.8 Å². The fourth-order valence-electron chi connectivity index (χ4n) is 2.21. The van der Waals surface area contributed by atoms with Crippen LogP contribution >= 0.6 is 11.8 Å². The van der Waals surface area contributed by atoms with Crippen molar-refractivity contribution in [2.75, 3.05) is 23.9 Å². The summed E-state index contributed by atoms with van der Waals surface area (Å²) >= 11 is 1.33. The van der Waals surface area contributed by atoms with Crippen LogP contribution in [0.2, 0.25) is 0 Å². The zero-order valence-corrected chi connectivity index (χ0v) is 14.8. The number of nitrogens with one attached hydrogen (secondary N) is 1. The molecule has 126 valence electrons. The summed E-state index contributed by atoms with van der Waals surface area (Å²) in [5.41, 5.74) is 2.97. The van der Waals surface area contributed by atoms with Gasteiger partial charge in [-0.25, -0.2) is 0 Å². The van der Waals surface area contributed by atoms with Crippen LogP contribution in [0, 0.1) is 6.92 Å². The van der Waals surface area contributed by atoms with Crippen molar-refractivity contribution >= 4 is 29.3 Å². The molecule has 0 radical (unpaired) electrons. The number of anilines is 1. The van der Waals surface area contributed by atoms with Crippen molar-refractivity contribution in [3.8, 4) is 0 Å². The van der Waals surface area contributed by atoms with E-state index in [4.69, 9.17) is 0 Å². The molecular formula is C19H22N2O2S. The van der Waals surface area contributed by atoms with Gasteiger partial charge < -0.3 is 10.2 Å². The summed E-state index contributed by atoms with van der Waals surface area (Å²) in [6.45, 7) is 2.56. The standard InChI is InChI=1S/C19H22N2O2S/c1-15-7-6-10-17(11-15)20-18(22)13-24-14-19(23)21(2)12-16-8-4-3-5-9-16/h3-11H,12-14H2,1-2H3,(H,20,22). The second kappa shape index (κ2) is 9.13. The van der Waals surface area contributed by atoms with E-state index in [9.17, 15) is 9.59 Å². The quantitative estimate of drug-likeness (QED) is 0.840. The zero-order chi connectivity index (χ0) is 17.4. The van der Waals surface area contributed by atoms with E-state index >= 15 is 0 Å². The molecule has 2 amide bonds. The fraction of sp³-hybridized carbons (Fsp3) is 0.263. The summed E-state index contributed by atoms with van der Waals surface area (Å²) in [5, 5.41) is 2.84. The van der Waals surface area contributed by atoms with Gasteiger partial charge in [-0.2, -0.15) is 0 Å². The molecule has 2 aromatic carbocycles. The molecule has 2 aromatic rings. The lowest BCUT2D eigenvalue weighted by Crippen LogP contribution is -2.28. The lowest BCUT2D eigenvalue weighted by molar-refractivity contribution is -0.127. The third-order valence-corrected chi connectivity index (χ3v) is 4.37. The molecular weight excluding hydrogens is 320 g/mol. The first-order valence-electron chi connectivity index (χ1n) is 7.77. The molecule has 0 spiro atoms. The molecule has 0 heterocycles. The molecule has 0 aliphatic carbocycles. The maximum atomic E-state index is 12.1. The van der Waals surface area contributed by atoms with Gasteiger partial charge in [0, 0.05) is 19.3 Å². The van der Waals surface area contributed by atoms with Crippen molar-refractivity contribution in [2.45, 2.75) is 13.5 Å². The first kappa shape index (κ1) is 18.1. The second-order valence-electron chi connectivity index (χ2n) is 5.65. The number of thioether (sulfide) groups is 1. The molecule has 0 atom stereocenters. The lowest BCUT2D eigenvalue weighted by atomic mass is 10.2. The predicted molar refractivity (Wildman–Crippen MR) is 100 cm³/mol. The van der Waals surface area contributed by atoms with Gasteiger partial charge in [0.05, 0.1) is 11.5 Å². The average molecular weight is 342 g/mol. The molecule has 0 fully saturated rings. The summed E-state index contributed by atoms with van der Waals surface area (Å²) in [6, 6.07) is 17.5. The minimum absolute atomic E-state index is 0.0206. The van der Waals surface area contributed by atoms with Gasteiger partial charge in [0.15, 0.2) is 0 Å². The van der Waals surface area contributed by atoms with Crippen LogP contribution in [0.4, 0.5) is 5.69 Å². The Morgan fingerprint density at radius 2 is 1.79 bits per heavy atom. The Labute approximate surface area is 147 Å². The van der Waals surface area contributed by atoms with E-state index < -0.39 is 0 Å². The highest BCUT2D eigenvalue weighted by Crippen LogP contribution is 2.11. The van der Waals surface area contributed by atoms with Gasteiger partial charge in [0.25, 0.3) is 0 Å². The summed E-state index contributed by atoms with van der Waals surface area (Å²) in [4.78, 5) is 25.7. The van der Waals surface area contributed by atoms with Crippen LogP contribution in [0.5, 0.6) is 0 Å². The molecule has 24 heavy (non-hydrogen) atoms. The van der Waals surface area contributed by atoms with Crippen LogP contribution in [-0.4, -0.2) is 35.3 Å². The largest absolute Gasteiger partial charge is 0.341 e. The molecule has 2 rings (SSSR count). The minimum Gasteiger partial charge on any atom is -0.341 e. The summed E-state index contributed by atoms with van der Waals surface area (Å²) < 4.78 is 0. The first-order valence-corrected chi connectivity index (χ1v) is 8.92. The van der Waals surface area contributed by atoms with Gasteiger partial charge in [-0.1, -0.05) is 42.5 Å². The van der Waals surface area contributed by atoms with E-state index in [2.05, 4.69) is 5.32 Å². The normalized spacial score (nSPS) is 10.2. The van der Waals surface area contributed by atoms with Crippen LogP contribution in [0.25, 0.3) is 0 Å². The van der Waals surface area contributed by atoms with Crippen LogP contribution in [0.3, 0.4) is 0 Å². The maximum Gasteiger partial charge on any atom is 0.234 e. The van der Waals surface area contributed by atoms with Gasteiger partial charge in [-0.3, -0.25) is 9.59 Å². The number of rotatable bonds is 7. The molecule has 0 unspecified atom stereocenters. The number of carbonyl (C=O) groups excluding carboxylic acids is 2. The summed E-state index contributed by atoms with van der Waals surface area (Å²) in [7, 11) is 1.78. The highest BCUT2D eigenvalue weighted by molar-refractivity contribution is 8.00. The van der Waals surface area contributed by atoms with Crippen molar-refractivity contribution in [1.82, 2.24) is 4.90 Å². The van der Waals surface area contributed by atoms with Crippen molar-refractivity contribution in [3.05, 3.63) is 65.7 Å².